The Hall–Kier alpha value is -2.91. The normalized spacial score (nSPS) is 22.6. The smallest absolute Gasteiger partial charge is 0.408 e. The number of nitrogens with zero attached hydrogens (tertiary/aromatic N) is 1. The van der Waals surface area contributed by atoms with E-state index in [0.29, 0.717) is 32.2 Å². The molecule has 30 heavy (non-hydrogen) atoms. The lowest BCUT2D eigenvalue weighted by Gasteiger charge is -2.30. The van der Waals surface area contributed by atoms with Gasteiger partial charge < -0.3 is 20.5 Å². The van der Waals surface area contributed by atoms with Crippen molar-refractivity contribution in [3.05, 3.63) is 12.2 Å². The number of amides is 4. The monoisotopic (exact) mass is 423 g/mol. The van der Waals surface area contributed by atoms with E-state index in [0.717, 1.165) is 0 Å². The summed E-state index contributed by atoms with van der Waals surface area (Å²) in [6.45, 7) is 5.07. The quantitative estimate of drug-likeness (QED) is 0.514. The number of carboxylic acids is 1. The fourth-order valence-corrected chi connectivity index (χ4v) is 3.47. The van der Waals surface area contributed by atoms with Crippen LogP contribution in [0.4, 0.5) is 4.79 Å². The number of ether oxygens (including phenoxy) is 1. The maximum atomic E-state index is 12.4. The van der Waals surface area contributed by atoms with E-state index in [-0.39, 0.29) is 36.1 Å². The van der Waals surface area contributed by atoms with Gasteiger partial charge in [0.05, 0.1) is 0 Å². The van der Waals surface area contributed by atoms with E-state index in [1.165, 1.54) is 17.1 Å². The first-order valence-electron chi connectivity index (χ1n) is 10.00. The van der Waals surface area contributed by atoms with Crippen LogP contribution in [0, 0.1) is 11.8 Å². The molecule has 0 aromatic rings. The van der Waals surface area contributed by atoms with E-state index in [4.69, 9.17) is 4.74 Å². The van der Waals surface area contributed by atoms with Gasteiger partial charge in [0.2, 0.25) is 5.91 Å². The van der Waals surface area contributed by atoms with Gasteiger partial charge in [-0.15, -0.1) is 0 Å². The Labute approximate surface area is 175 Å². The summed E-state index contributed by atoms with van der Waals surface area (Å²) in [5.41, 5.74) is -0.768. The minimum absolute atomic E-state index is 0.141. The summed E-state index contributed by atoms with van der Waals surface area (Å²) in [4.78, 5) is 60.1. The van der Waals surface area contributed by atoms with Crippen LogP contribution in [0.15, 0.2) is 12.2 Å². The third-order valence-electron chi connectivity index (χ3n) is 5.03. The Morgan fingerprint density at radius 1 is 1.13 bits per heavy atom. The van der Waals surface area contributed by atoms with Gasteiger partial charge >= 0.3 is 12.1 Å². The molecule has 1 unspecified atom stereocenters. The van der Waals surface area contributed by atoms with Crippen LogP contribution in [0.5, 0.6) is 0 Å². The highest BCUT2D eigenvalue weighted by Gasteiger charge is 2.32. The number of aliphatic carboxylic acids is 1. The van der Waals surface area contributed by atoms with E-state index in [1.807, 2.05) is 0 Å². The van der Waals surface area contributed by atoms with Crippen molar-refractivity contribution in [2.24, 2.45) is 11.8 Å². The summed E-state index contributed by atoms with van der Waals surface area (Å²) in [6.07, 6.45) is 4.18. The zero-order chi connectivity index (χ0) is 22.5. The van der Waals surface area contributed by atoms with Crippen molar-refractivity contribution in [2.75, 3.05) is 13.1 Å². The molecule has 10 nitrogen and oxygen atoms in total. The molecule has 2 aliphatic rings. The van der Waals surface area contributed by atoms with Crippen LogP contribution in [0.1, 0.15) is 46.5 Å². The van der Waals surface area contributed by atoms with Gasteiger partial charge in [-0.2, -0.15) is 0 Å². The van der Waals surface area contributed by atoms with Crippen molar-refractivity contribution in [3.8, 4) is 0 Å². The van der Waals surface area contributed by atoms with E-state index in [9.17, 15) is 29.1 Å². The second-order valence-corrected chi connectivity index (χ2v) is 8.62. The minimum atomic E-state index is -1.31. The zero-order valence-corrected chi connectivity index (χ0v) is 17.5. The summed E-state index contributed by atoms with van der Waals surface area (Å²) < 4.78 is 5.04. The van der Waals surface area contributed by atoms with Crippen molar-refractivity contribution in [2.45, 2.75) is 58.1 Å². The molecule has 2 rings (SSSR count). The van der Waals surface area contributed by atoms with Crippen LogP contribution in [0.2, 0.25) is 0 Å². The van der Waals surface area contributed by atoms with Crippen molar-refractivity contribution >= 4 is 29.8 Å². The lowest BCUT2D eigenvalue weighted by atomic mass is 9.81. The van der Waals surface area contributed by atoms with Crippen LogP contribution < -0.4 is 10.6 Å². The van der Waals surface area contributed by atoms with Gasteiger partial charge in [0.15, 0.2) is 0 Å². The highest BCUT2D eigenvalue weighted by Crippen LogP contribution is 2.30. The first-order chi connectivity index (χ1) is 14.0. The molecule has 10 heteroatoms. The van der Waals surface area contributed by atoms with Crippen molar-refractivity contribution in [1.82, 2.24) is 15.5 Å². The fourth-order valence-electron chi connectivity index (χ4n) is 3.47. The molecule has 1 aliphatic carbocycles. The number of nitrogens with one attached hydrogen (secondary N) is 2. The van der Waals surface area contributed by atoms with Crippen LogP contribution in [-0.4, -0.2) is 64.5 Å². The van der Waals surface area contributed by atoms with Gasteiger partial charge in [0, 0.05) is 31.2 Å². The summed E-state index contributed by atoms with van der Waals surface area (Å²) in [5, 5.41) is 14.1. The third-order valence-corrected chi connectivity index (χ3v) is 5.03. The summed E-state index contributed by atoms with van der Waals surface area (Å²) in [6, 6.07) is -1.31. The lowest BCUT2D eigenvalue weighted by molar-refractivity contribution is -0.140. The second kappa shape index (κ2) is 9.73. The van der Waals surface area contributed by atoms with Gasteiger partial charge in [0.25, 0.3) is 11.8 Å². The standard InChI is InChI=1S/C20H29N3O7/c1-20(2,3)30-19(29)22-14(18(27)28)10-21-17(26)13-6-4-12(5-7-13)11-23-15(24)8-9-16(23)25/h8-9,12-14H,4-7,10-11H2,1-3H3,(H,21,26)(H,22,29)(H,27,28). The molecule has 0 bridgehead atoms. The van der Waals surface area contributed by atoms with Crippen LogP contribution in [0.3, 0.4) is 0 Å². The van der Waals surface area contributed by atoms with Crippen molar-refractivity contribution in [3.63, 3.8) is 0 Å². The summed E-state index contributed by atoms with van der Waals surface area (Å²) >= 11 is 0. The molecule has 0 saturated heterocycles. The predicted molar refractivity (Wildman–Crippen MR) is 105 cm³/mol. The van der Waals surface area contributed by atoms with E-state index in [2.05, 4.69) is 10.6 Å². The molecule has 4 amide bonds. The van der Waals surface area contributed by atoms with Crippen molar-refractivity contribution in [1.29, 1.82) is 0 Å². The molecule has 0 aromatic heterocycles. The highest BCUT2D eigenvalue weighted by molar-refractivity contribution is 6.12. The Bertz CT molecular complexity index is 715. The number of alkyl carbamates (subject to hydrolysis) is 1. The predicted octanol–water partition coefficient (Wildman–Crippen LogP) is 0.812. The molecular weight excluding hydrogens is 394 g/mol. The average molecular weight is 423 g/mol. The molecule has 166 valence electrons. The van der Waals surface area contributed by atoms with E-state index >= 15 is 0 Å². The maximum absolute atomic E-state index is 12.4. The molecule has 1 fully saturated rings. The van der Waals surface area contributed by atoms with Crippen LogP contribution in [-0.2, 0) is 23.9 Å². The maximum Gasteiger partial charge on any atom is 0.408 e. The number of imide groups is 1. The molecule has 1 aliphatic heterocycles. The lowest BCUT2D eigenvalue weighted by Crippen LogP contribution is -2.50. The molecule has 1 heterocycles. The van der Waals surface area contributed by atoms with Crippen LogP contribution in [0.25, 0.3) is 0 Å². The molecule has 0 aromatic carbocycles. The Kier molecular flexibility index (Phi) is 7.58. The largest absolute Gasteiger partial charge is 0.480 e. The van der Waals surface area contributed by atoms with Crippen LogP contribution >= 0.6 is 0 Å². The summed E-state index contributed by atoms with van der Waals surface area (Å²) in [7, 11) is 0. The Morgan fingerprint density at radius 2 is 1.70 bits per heavy atom. The number of hydrogen-bond donors (Lipinski definition) is 3. The SMILES string of the molecule is CC(C)(C)OC(=O)NC(CNC(=O)C1CCC(CN2C(=O)C=CC2=O)CC1)C(=O)O. The number of carbonyl (C=O) groups is 5. The Balaban J connectivity index is 1.76. The molecule has 0 spiro atoms. The van der Waals surface area contributed by atoms with Gasteiger partial charge in [-0.25, -0.2) is 9.59 Å². The van der Waals surface area contributed by atoms with Gasteiger partial charge in [-0.3, -0.25) is 19.3 Å². The van der Waals surface area contributed by atoms with E-state index < -0.39 is 23.7 Å². The second-order valence-electron chi connectivity index (χ2n) is 8.62. The van der Waals surface area contributed by atoms with Gasteiger partial charge in [-0.05, 0) is 52.4 Å². The molecular formula is C20H29N3O7. The number of carboxylic acid groups (broad SMARTS) is 1. The fraction of sp³-hybridized carbons (Fsp3) is 0.650. The molecule has 1 atom stereocenters. The first-order valence-corrected chi connectivity index (χ1v) is 10.00. The van der Waals surface area contributed by atoms with Gasteiger partial charge in [0.1, 0.15) is 11.6 Å². The molecule has 1 saturated carbocycles. The minimum Gasteiger partial charge on any atom is -0.480 e. The number of hydrogen-bond acceptors (Lipinski definition) is 6. The van der Waals surface area contributed by atoms with E-state index in [1.54, 1.807) is 20.8 Å². The highest BCUT2D eigenvalue weighted by atomic mass is 16.6. The molecule has 0 radical (unpaired) electrons. The topological polar surface area (TPSA) is 142 Å². The van der Waals surface area contributed by atoms with Gasteiger partial charge in [-0.1, -0.05) is 0 Å². The number of rotatable bonds is 7. The Morgan fingerprint density at radius 3 is 2.20 bits per heavy atom. The third kappa shape index (κ3) is 6.85. The van der Waals surface area contributed by atoms with Crippen molar-refractivity contribution < 1.29 is 33.8 Å². The summed E-state index contributed by atoms with van der Waals surface area (Å²) in [5.74, 6) is -2.31. The first kappa shape index (κ1) is 23.4. The average Bonchev–Trinajstić information content (AvgIpc) is 2.95. The number of carbonyl (C=O) groups excluding carboxylic acids is 4. The molecule has 3 N–H and O–H groups in total. The zero-order valence-electron chi connectivity index (χ0n) is 17.5.